The summed E-state index contributed by atoms with van der Waals surface area (Å²) in [7, 11) is 1.47. The van der Waals surface area contributed by atoms with Gasteiger partial charge in [0, 0.05) is 6.07 Å². The smallest absolute Gasteiger partial charge is 0.335 e. The van der Waals surface area contributed by atoms with Crippen LogP contribution < -0.4 is 19.7 Å². The van der Waals surface area contributed by atoms with E-state index < -0.39 is 17.8 Å². The fourth-order valence-electron chi connectivity index (χ4n) is 2.89. The van der Waals surface area contributed by atoms with Gasteiger partial charge in [-0.15, -0.1) is 0 Å². The first-order valence-corrected chi connectivity index (χ1v) is 9.80. The number of anilines is 1. The number of amides is 2. The molecule has 0 spiro atoms. The molecule has 0 atom stereocenters. The Morgan fingerprint density at radius 2 is 1.90 bits per heavy atom. The number of rotatable bonds is 6. The molecule has 1 heterocycles. The van der Waals surface area contributed by atoms with Crippen LogP contribution in [0.15, 0.2) is 42.0 Å². The molecule has 31 heavy (non-hydrogen) atoms. The largest absolute Gasteiger partial charge is 0.493 e. The minimum Gasteiger partial charge on any atom is -0.493 e. The van der Waals surface area contributed by atoms with Gasteiger partial charge >= 0.3 is 5.97 Å². The van der Waals surface area contributed by atoms with Crippen LogP contribution >= 0.6 is 23.8 Å². The number of hydrogen-bond donors (Lipinski definition) is 2. The van der Waals surface area contributed by atoms with Crippen molar-refractivity contribution in [2.24, 2.45) is 0 Å². The number of benzene rings is 2. The normalized spacial score (nSPS) is 15.1. The summed E-state index contributed by atoms with van der Waals surface area (Å²) in [6.45, 7) is 2.18. The number of nitrogens with one attached hydrogen (secondary N) is 1. The van der Waals surface area contributed by atoms with Gasteiger partial charge in [0.05, 0.1) is 30.0 Å². The highest BCUT2D eigenvalue weighted by molar-refractivity contribution is 7.80. The maximum atomic E-state index is 13.1. The molecule has 0 radical (unpaired) electrons. The molecule has 8 nitrogen and oxygen atoms in total. The summed E-state index contributed by atoms with van der Waals surface area (Å²) in [6, 6.07) is 8.62. The number of carbonyl (C=O) groups is 3. The Morgan fingerprint density at radius 1 is 1.23 bits per heavy atom. The minimum absolute atomic E-state index is 0.0485. The molecular formula is C21H17ClN2O6S. The molecule has 160 valence electrons. The number of ether oxygens (including phenoxy) is 2. The van der Waals surface area contributed by atoms with Crippen molar-refractivity contribution in [3.05, 3.63) is 58.1 Å². The van der Waals surface area contributed by atoms with E-state index >= 15 is 0 Å². The lowest BCUT2D eigenvalue weighted by atomic mass is 10.1. The molecule has 2 amide bonds. The maximum absolute atomic E-state index is 13.1. The van der Waals surface area contributed by atoms with Crippen LogP contribution in [0.2, 0.25) is 5.02 Å². The predicted octanol–water partition coefficient (Wildman–Crippen LogP) is 3.28. The van der Waals surface area contributed by atoms with Gasteiger partial charge in [0.25, 0.3) is 11.8 Å². The van der Waals surface area contributed by atoms with Gasteiger partial charge in [0.1, 0.15) is 5.57 Å². The SMILES string of the molecule is CCOc1cc(/C=C2\C(=O)NC(=S)N(c3ccc(C(=O)O)cc3)C2=O)c(Cl)cc1OC. The third-order valence-corrected chi connectivity index (χ3v) is 4.97. The van der Waals surface area contributed by atoms with Crippen LogP contribution in [0, 0.1) is 0 Å². The number of halogens is 1. The van der Waals surface area contributed by atoms with Crippen LogP contribution in [-0.2, 0) is 9.59 Å². The maximum Gasteiger partial charge on any atom is 0.335 e. The lowest BCUT2D eigenvalue weighted by Crippen LogP contribution is -2.54. The molecule has 2 aromatic carbocycles. The van der Waals surface area contributed by atoms with Crippen LogP contribution in [0.1, 0.15) is 22.8 Å². The fourth-order valence-corrected chi connectivity index (χ4v) is 3.38. The van der Waals surface area contributed by atoms with Crippen molar-refractivity contribution >= 4 is 58.5 Å². The molecule has 0 unspecified atom stereocenters. The summed E-state index contributed by atoms with van der Waals surface area (Å²) in [5, 5.41) is 11.6. The first-order valence-electron chi connectivity index (χ1n) is 9.02. The van der Waals surface area contributed by atoms with E-state index in [0.717, 1.165) is 4.90 Å². The van der Waals surface area contributed by atoms with Crippen molar-refractivity contribution in [2.75, 3.05) is 18.6 Å². The molecule has 1 aliphatic rings. The molecule has 2 N–H and O–H groups in total. The van der Waals surface area contributed by atoms with E-state index in [2.05, 4.69) is 5.32 Å². The van der Waals surface area contributed by atoms with Crippen LogP contribution in [0.25, 0.3) is 6.08 Å². The van der Waals surface area contributed by atoms with Crippen molar-refractivity contribution in [1.29, 1.82) is 0 Å². The highest BCUT2D eigenvalue weighted by Gasteiger charge is 2.34. The molecule has 0 saturated carbocycles. The van der Waals surface area contributed by atoms with Crippen molar-refractivity contribution in [2.45, 2.75) is 6.92 Å². The summed E-state index contributed by atoms with van der Waals surface area (Å²) in [4.78, 5) is 37.8. The van der Waals surface area contributed by atoms with E-state index in [1.807, 2.05) is 0 Å². The average molecular weight is 461 g/mol. The van der Waals surface area contributed by atoms with Crippen molar-refractivity contribution in [3.63, 3.8) is 0 Å². The number of nitrogens with zero attached hydrogens (tertiary/aromatic N) is 1. The van der Waals surface area contributed by atoms with E-state index in [1.165, 1.54) is 43.5 Å². The monoisotopic (exact) mass is 460 g/mol. The molecule has 10 heteroatoms. The predicted molar refractivity (Wildman–Crippen MR) is 119 cm³/mol. The fraction of sp³-hybridized carbons (Fsp3) is 0.143. The highest BCUT2D eigenvalue weighted by Crippen LogP contribution is 2.35. The number of carbonyl (C=O) groups excluding carboxylic acids is 2. The van der Waals surface area contributed by atoms with Crippen LogP contribution in [0.5, 0.6) is 11.5 Å². The Labute approximate surface area is 188 Å². The Hall–Kier alpha value is -3.43. The number of aromatic carboxylic acids is 1. The molecule has 3 rings (SSSR count). The third kappa shape index (κ3) is 4.52. The summed E-state index contributed by atoms with van der Waals surface area (Å²) in [6.07, 6.45) is 1.34. The summed E-state index contributed by atoms with van der Waals surface area (Å²) in [5.74, 6) is -1.65. The zero-order valence-corrected chi connectivity index (χ0v) is 18.0. The van der Waals surface area contributed by atoms with Crippen LogP contribution in [0.3, 0.4) is 0 Å². The van der Waals surface area contributed by atoms with E-state index in [-0.39, 0.29) is 21.3 Å². The van der Waals surface area contributed by atoms with E-state index in [1.54, 1.807) is 13.0 Å². The molecule has 0 aliphatic carbocycles. The van der Waals surface area contributed by atoms with Crippen molar-refractivity contribution in [3.8, 4) is 11.5 Å². The molecule has 1 saturated heterocycles. The van der Waals surface area contributed by atoms with Gasteiger partial charge in [-0.2, -0.15) is 0 Å². The molecular weight excluding hydrogens is 444 g/mol. The molecule has 0 bridgehead atoms. The van der Waals surface area contributed by atoms with Gasteiger partial charge in [0.15, 0.2) is 16.6 Å². The number of carboxylic acid groups (broad SMARTS) is 1. The molecule has 0 aromatic heterocycles. The standard InChI is InChI=1S/C21H17ClN2O6S/c1-3-30-17-9-12(15(22)10-16(17)29-2)8-14-18(25)23-21(31)24(19(14)26)13-6-4-11(5-7-13)20(27)28/h4-10H,3H2,1-2H3,(H,27,28)(H,23,25,31)/b14-8+. The third-order valence-electron chi connectivity index (χ3n) is 4.36. The number of thiocarbonyl (C=S) groups is 1. The quantitative estimate of drug-likeness (QED) is 0.387. The van der Waals surface area contributed by atoms with E-state index in [9.17, 15) is 14.4 Å². The van der Waals surface area contributed by atoms with Gasteiger partial charge < -0.3 is 14.6 Å². The van der Waals surface area contributed by atoms with Crippen LogP contribution in [-0.4, -0.2) is 41.7 Å². The summed E-state index contributed by atoms with van der Waals surface area (Å²) >= 11 is 11.5. The number of methoxy groups -OCH3 is 1. The van der Waals surface area contributed by atoms with Gasteiger partial charge in [-0.25, -0.2) is 4.79 Å². The number of carboxylic acids is 1. The van der Waals surface area contributed by atoms with Crippen molar-refractivity contribution < 1.29 is 29.0 Å². The first kappa shape index (κ1) is 22.3. The van der Waals surface area contributed by atoms with Crippen LogP contribution in [0.4, 0.5) is 5.69 Å². The highest BCUT2D eigenvalue weighted by atomic mass is 35.5. The van der Waals surface area contributed by atoms with Gasteiger partial charge in [0.2, 0.25) is 0 Å². The Kier molecular flexibility index (Phi) is 6.57. The number of hydrogen-bond acceptors (Lipinski definition) is 6. The van der Waals surface area contributed by atoms with Crippen molar-refractivity contribution in [1.82, 2.24) is 5.32 Å². The molecule has 2 aromatic rings. The minimum atomic E-state index is -1.10. The Morgan fingerprint density at radius 3 is 2.48 bits per heavy atom. The second kappa shape index (κ2) is 9.15. The lowest BCUT2D eigenvalue weighted by molar-refractivity contribution is -0.122. The Bertz CT molecular complexity index is 1110. The zero-order valence-electron chi connectivity index (χ0n) is 16.5. The second-order valence-electron chi connectivity index (χ2n) is 6.27. The zero-order chi connectivity index (χ0) is 22.7. The summed E-state index contributed by atoms with van der Waals surface area (Å²) < 4.78 is 10.8. The van der Waals surface area contributed by atoms with Gasteiger partial charge in [-0.05, 0) is 61.1 Å². The summed E-state index contributed by atoms with van der Waals surface area (Å²) in [5.41, 5.74) is 0.526. The van der Waals surface area contributed by atoms with Gasteiger partial charge in [-0.1, -0.05) is 11.6 Å². The van der Waals surface area contributed by atoms with E-state index in [0.29, 0.717) is 29.4 Å². The second-order valence-corrected chi connectivity index (χ2v) is 7.06. The molecule has 1 fully saturated rings. The lowest BCUT2D eigenvalue weighted by Gasteiger charge is -2.29. The van der Waals surface area contributed by atoms with E-state index in [4.69, 9.17) is 38.4 Å². The first-order chi connectivity index (χ1) is 14.8. The average Bonchev–Trinajstić information content (AvgIpc) is 2.73. The topological polar surface area (TPSA) is 105 Å². The Balaban J connectivity index is 2.03. The van der Waals surface area contributed by atoms with Gasteiger partial charge in [-0.3, -0.25) is 19.8 Å². The molecule has 1 aliphatic heterocycles.